The van der Waals surface area contributed by atoms with Crippen LogP contribution in [0.4, 0.5) is 0 Å². The summed E-state index contributed by atoms with van der Waals surface area (Å²) in [6, 6.07) is 2.78. The number of hydrogen-bond acceptors (Lipinski definition) is 8. The van der Waals surface area contributed by atoms with E-state index < -0.39 is 38.6 Å². The van der Waals surface area contributed by atoms with E-state index in [2.05, 4.69) is 31.7 Å². The van der Waals surface area contributed by atoms with E-state index in [-0.39, 0.29) is 36.8 Å². The fraction of sp³-hybridized carbons (Fsp3) is 0.875. The SMILES string of the molecule is C[C@H](CCC(=O)OCOC(=O)CCC(C[P+]([O-])=NO)C(=O)O)C1CCC2C3C(C#N)CC4CCCCC4(C)C3CCC21C. The Kier molecular flexibility index (Phi) is 11.3. The number of esters is 2. The number of fused-ring (bicyclic) bond motifs is 5. The van der Waals surface area contributed by atoms with E-state index in [9.17, 15) is 29.6 Å². The first-order valence-electron chi connectivity index (χ1n) is 16.2. The van der Waals surface area contributed by atoms with Gasteiger partial charge in [-0.3, -0.25) is 14.4 Å². The van der Waals surface area contributed by atoms with Gasteiger partial charge in [-0.2, -0.15) is 5.26 Å². The lowest BCUT2D eigenvalue weighted by Crippen LogP contribution is -2.55. The zero-order valence-corrected chi connectivity index (χ0v) is 26.8. The number of carboxylic acids is 1. The number of carbonyl (C=O) groups is 3. The van der Waals surface area contributed by atoms with Crippen LogP contribution in [-0.4, -0.2) is 41.2 Å². The number of hydrogen-bond donors (Lipinski definition) is 2. The molecule has 0 bridgehead atoms. The van der Waals surface area contributed by atoms with Crippen molar-refractivity contribution in [2.75, 3.05) is 13.0 Å². The number of rotatable bonds is 12. The lowest BCUT2D eigenvalue weighted by atomic mass is 9.42. The molecule has 11 heteroatoms. The highest BCUT2D eigenvalue weighted by Gasteiger charge is 2.62. The molecular formula is C32H49N2O8P. The minimum atomic E-state index is -2.42. The van der Waals surface area contributed by atoms with Crippen molar-refractivity contribution in [3.8, 4) is 6.07 Å². The van der Waals surface area contributed by atoms with Gasteiger partial charge in [0, 0.05) is 23.7 Å². The molecule has 0 aromatic carbocycles. The summed E-state index contributed by atoms with van der Waals surface area (Å²) in [5.41, 5.74) is 0.558. The fourth-order valence-corrected chi connectivity index (χ4v) is 10.9. The highest BCUT2D eigenvalue weighted by atomic mass is 31.1. The van der Waals surface area contributed by atoms with Crippen LogP contribution in [0.1, 0.15) is 104 Å². The molecule has 11 atom stereocenters. The fourth-order valence-electron chi connectivity index (χ4n) is 10.1. The van der Waals surface area contributed by atoms with Gasteiger partial charge in [0.25, 0.3) is 0 Å². The van der Waals surface area contributed by atoms with Crippen molar-refractivity contribution in [1.82, 2.24) is 0 Å². The Labute approximate surface area is 256 Å². The molecule has 4 aliphatic carbocycles. The van der Waals surface area contributed by atoms with E-state index in [0.717, 1.165) is 12.8 Å². The normalized spacial score (nSPS) is 36.7. The van der Waals surface area contributed by atoms with Gasteiger partial charge in [0.2, 0.25) is 14.7 Å². The lowest BCUT2D eigenvalue weighted by molar-refractivity contribution is -0.168. The van der Waals surface area contributed by atoms with Gasteiger partial charge in [-0.15, -0.1) is 0 Å². The first-order valence-corrected chi connectivity index (χ1v) is 17.6. The second kappa shape index (κ2) is 14.3. The summed E-state index contributed by atoms with van der Waals surface area (Å²) in [6.45, 7) is 6.69. The van der Waals surface area contributed by atoms with Crippen molar-refractivity contribution in [2.45, 2.75) is 104 Å². The summed E-state index contributed by atoms with van der Waals surface area (Å²) >= 11 is 0. The predicted molar refractivity (Wildman–Crippen MR) is 156 cm³/mol. The van der Waals surface area contributed by atoms with Crippen LogP contribution in [-0.2, 0) is 23.9 Å². The highest BCUT2D eigenvalue weighted by molar-refractivity contribution is 7.39. The number of nitriles is 1. The second-order valence-electron chi connectivity index (χ2n) is 14.3. The first-order chi connectivity index (χ1) is 20.4. The number of carbonyl (C=O) groups excluding carboxylic acids is 2. The summed E-state index contributed by atoms with van der Waals surface area (Å²) in [5.74, 6) is -0.148. The monoisotopic (exact) mass is 620 g/mol. The molecule has 0 aromatic rings. The Balaban J connectivity index is 1.24. The van der Waals surface area contributed by atoms with E-state index in [1.54, 1.807) is 0 Å². The Hall–Kier alpha value is -2.08. The van der Waals surface area contributed by atoms with Crippen molar-refractivity contribution in [3.63, 3.8) is 0 Å². The minimum Gasteiger partial charge on any atom is -0.610 e. The van der Waals surface area contributed by atoms with Crippen molar-refractivity contribution in [1.29, 1.82) is 5.26 Å². The Bertz CT molecular complexity index is 1110. The van der Waals surface area contributed by atoms with Crippen molar-refractivity contribution in [3.05, 3.63) is 0 Å². The summed E-state index contributed by atoms with van der Waals surface area (Å²) in [4.78, 5) is 49.6. The zero-order chi connectivity index (χ0) is 31.4. The van der Waals surface area contributed by atoms with E-state index in [1.165, 1.54) is 44.9 Å². The molecule has 10 nitrogen and oxygen atoms in total. The van der Waals surface area contributed by atoms with Crippen LogP contribution < -0.4 is 4.89 Å². The third-order valence-corrected chi connectivity index (χ3v) is 13.3. The zero-order valence-electron chi connectivity index (χ0n) is 25.9. The van der Waals surface area contributed by atoms with Crippen molar-refractivity contribution >= 4 is 25.8 Å². The molecule has 10 unspecified atom stereocenters. The number of ether oxygens (including phenoxy) is 2. The molecule has 0 heterocycles. The van der Waals surface area contributed by atoms with Crippen LogP contribution in [0.5, 0.6) is 0 Å². The van der Waals surface area contributed by atoms with E-state index in [1.807, 2.05) is 0 Å². The Morgan fingerprint density at radius 1 is 1.02 bits per heavy atom. The summed E-state index contributed by atoms with van der Waals surface area (Å²) < 4.78 is 10.1. The smallest absolute Gasteiger partial charge is 0.310 e. The van der Waals surface area contributed by atoms with Crippen LogP contribution in [0.2, 0.25) is 0 Å². The predicted octanol–water partition coefficient (Wildman–Crippen LogP) is 6.06. The van der Waals surface area contributed by atoms with Crippen LogP contribution in [0.3, 0.4) is 0 Å². The maximum atomic E-state index is 12.5. The molecule has 0 saturated heterocycles. The third-order valence-electron chi connectivity index (χ3n) is 12.3. The summed E-state index contributed by atoms with van der Waals surface area (Å²) in [6.07, 6.45) is 11.1. The summed E-state index contributed by atoms with van der Waals surface area (Å²) in [7, 11) is -2.42. The van der Waals surface area contributed by atoms with Gasteiger partial charge >= 0.3 is 17.9 Å². The largest absolute Gasteiger partial charge is 0.610 e. The molecule has 43 heavy (non-hydrogen) atoms. The average Bonchev–Trinajstić information content (AvgIpc) is 3.34. The molecule has 0 spiro atoms. The number of carboxylic acid groups (broad SMARTS) is 1. The van der Waals surface area contributed by atoms with Gasteiger partial charge in [-0.25, -0.2) is 5.21 Å². The van der Waals surface area contributed by atoms with E-state index in [0.29, 0.717) is 47.3 Å². The highest BCUT2D eigenvalue weighted by Crippen LogP contribution is 2.69. The molecule has 0 aromatic heterocycles. The van der Waals surface area contributed by atoms with E-state index >= 15 is 0 Å². The van der Waals surface area contributed by atoms with Crippen LogP contribution >= 0.6 is 7.94 Å². The van der Waals surface area contributed by atoms with Crippen molar-refractivity contribution in [2.24, 2.45) is 63.1 Å². The molecule has 0 amide bonds. The molecule has 2 N–H and O–H groups in total. The molecular weight excluding hydrogens is 571 g/mol. The molecule has 0 radical (unpaired) electrons. The van der Waals surface area contributed by atoms with Crippen LogP contribution in [0.25, 0.3) is 0 Å². The third kappa shape index (κ3) is 7.26. The molecule has 240 valence electrons. The van der Waals surface area contributed by atoms with Gasteiger partial charge in [-0.05, 0) is 104 Å². The quantitative estimate of drug-likeness (QED) is 0.114. The van der Waals surface area contributed by atoms with Crippen molar-refractivity contribution < 1.29 is 39.1 Å². The molecule has 0 aliphatic heterocycles. The topological polar surface area (TPSA) is 169 Å². The van der Waals surface area contributed by atoms with Gasteiger partial charge in [0.15, 0.2) is 0 Å². The number of nitrogens with zero attached hydrogens (tertiary/aromatic N) is 2. The molecule has 4 aliphatic rings. The standard InChI is InChI=1S/C32H49N2O8P/c1-20(7-11-27(35)41-19-42-28(36)12-8-21(30(37)38)18-43(40)34-39)24-9-10-25-29-22(17-33)16-23-6-4-5-14-31(23,2)26(29)13-15-32(24,25)3/h20-26,29,39H,4-16,18-19H2,1-3H3,(H,37,38)/t20-,21?,22?,23?,24?,25?,26?,29?,31?,32?/m1/s1. The molecule has 4 saturated carbocycles. The van der Waals surface area contributed by atoms with Gasteiger partial charge in [0.1, 0.15) is 6.16 Å². The first kappa shape index (κ1) is 33.8. The molecule has 4 rings (SSSR count). The van der Waals surface area contributed by atoms with Gasteiger partial charge in [0.05, 0.1) is 12.0 Å². The molecule has 4 fully saturated rings. The minimum absolute atomic E-state index is 0.131. The second-order valence-corrected chi connectivity index (χ2v) is 15.6. The maximum Gasteiger partial charge on any atom is 0.310 e. The Morgan fingerprint density at radius 3 is 2.35 bits per heavy atom. The van der Waals surface area contributed by atoms with Crippen LogP contribution in [0.15, 0.2) is 4.91 Å². The van der Waals surface area contributed by atoms with E-state index in [4.69, 9.17) is 14.7 Å². The average molecular weight is 621 g/mol. The lowest BCUT2D eigenvalue weighted by Gasteiger charge is -2.62. The van der Waals surface area contributed by atoms with Gasteiger partial charge in [-0.1, -0.05) is 33.6 Å². The Morgan fingerprint density at radius 2 is 1.70 bits per heavy atom. The summed E-state index contributed by atoms with van der Waals surface area (Å²) in [5, 5.41) is 28.0. The van der Waals surface area contributed by atoms with Crippen LogP contribution in [0, 0.1) is 69.5 Å². The number of aliphatic carboxylic acids is 1. The van der Waals surface area contributed by atoms with Gasteiger partial charge < -0.3 is 19.5 Å². The maximum absolute atomic E-state index is 12.5.